The fourth-order valence-electron chi connectivity index (χ4n) is 2.97. The van der Waals surface area contributed by atoms with Gasteiger partial charge in [-0.15, -0.1) is 0 Å². The molecule has 1 aliphatic rings. The van der Waals surface area contributed by atoms with Gasteiger partial charge in [-0.25, -0.2) is 0 Å². The number of benzene rings is 1. The molecular weight excluding hydrogens is 266 g/mol. The van der Waals surface area contributed by atoms with E-state index in [1.807, 2.05) is 0 Å². The molecule has 0 saturated heterocycles. The van der Waals surface area contributed by atoms with E-state index in [0.717, 1.165) is 12.2 Å². The Balaban J connectivity index is 1.95. The third kappa shape index (κ3) is 4.42. The van der Waals surface area contributed by atoms with Gasteiger partial charge in [0.15, 0.2) is 0 Å². The van der Waals surface area contributed by atoms with Crippen molar-refractivity contribution in [3.05, 3.63) is 34.9 Å². The molecule has 2 nitrogen and oxygen atoms in total. The summed E-state index contributed by atoms with van der Waals surface area (Å²) in [5.41, 5.74) is 4.47. The third-order valence-corrected chi connectivity index (χ3v) is 5.06. The Bertz CT molecular complexity index is 472. The van der Waals surface area contributed by atoms with E-state index in [1.165, 1.54) is 31.2 Å². The lowest BCUT2D eigenvalue weighted by Gasteiger charge is -2.23. The minimum atomic E-state index is -0.687. The molecule has 0 amide bonds. The first-order valence-corrected chi connectivity index (χ1v) is 9.46. The number of nitrogens with one attached hydrogen (secondary N) is 1. The standard InChI is InChI=1S/C17H27NOS/c1-13(10-11-20(3)19)18-14(2)16-9-8-15-6-4-5-7-17(15)12-16/h8-9,12-14,18H,4-7,10-11H2,1-3H3. The van der Waals surface area contributed by atoms with Crippen molar-refractivity contribution >= 4 is 10.8 Å². The van der Waals surface area contributed by atoms with Crippen LogP contribution in [0, 0.1) is 0 Å². The Hall–Kier alpha value is -0.670. The lowest BCUT2D eigenvalue weighted by atomic mass is 9.89. The largest absolute Gasteiger partial charge is 0.308 e. The van der Waals surface area contributed by atoms with Gasteiger partial charge in [-0.3, -0.25) is 4.21 Å². The van der Waals surface area contributed by atoms with Crippen LogP contribution in [-0.2, 0) is 23.6 Å². The van der Waals surface area contributed by atoms with E-state index in [9.17, 15) is 4.21 Å². The molecule has 0 bridgehead atoms. The van der Waals surface area contributed by atoms with Crippen molar-refractivity contribution in [2.24, 2.45) is 0 Å². The van der Waals surface area contributed by atoms with E-state index < -0.39 is 10.8 Å². The molecule has 0 fully saturated rings. The van der Waals surface area contributed by atoms with Crippen molar-refractivity contribution in [3.63, 3.8) is 0 Å². The van der Waals surface area contributed by atoms with Crippen LogP contribution < -0.4 is 5.32 Å². The van der Waals surface area contributed by atoms with Crippen LogP contribution in [0.5, 0.6) is 0 Å². The summed E-state index contributed by atoms with van der Waals surface area (Å²) in [6, 6.07) is 7.74. The molecule has 0 radical (unpaired) electrons. The van der Waals surface area contributed by atoms with Gasteiger partial charge in [0.25, 0.3) is 0 Å². The first-order valence-electron chi connectivity index (χ1n) is 7.74. The van der Waals surface area contributed by atoms with Crippen LogP contribution in [0.3, 0.4) is 0 Å². The first kappa shape index (κ1) is 15.7. The topological polar surface area (TPSA) is 29.1 Å². The van der Waals surface area contributed by atoms with Gasteiger partial charge < -0.3 is 5.32 Å². The van der Waals surface area contributed by atoms with Gasteiger partial charge >= 0.3 is 0 Å². The van der Waals surface area contributed by atoms with Crippen molar-refractivity contribution in [2.75, 3.05) is 12.0 Å². The fourth-order valence-corrected chi connectivity index (χ4v) is 3.66. The van der Waals surface area contributed by atoms with Crippen molar-refractivity contribution in [1.29, 1.82) is 0 Å². The van der Waals surface area contributed by atoms with Gasteiger partial charge in [0.05, 0.1) is 0 Å². The minimum absolute atomic E-state index is 0.363. The summed E-state index contributed by atoms with van der Waals surface area (Å²) in [6.45, 7) is 4.41. The first-order chi connectivity index (χ1) is 9.56. The molecule has 0 aliphatic heterocycles. The van der Waals surface area contributed by atoms with E-state index >= 15 is 0 Å². The maximum absolute atomic E-state index is 11.1. The van der Waals surface area contributed by atoms with Crippen molar-refractivity contribution in [3.8, 4) is 0 Å². The molecule has 0 aromatic heterocycles. The molecule has 3 atom stereocenters. The summed E-state index contributed by atoms with van der Waals surface area (Å²) in [6.07, 6.45) is 7.90. The van der Waals surface area contributed by atoms with Crippen molar-refractivity contribution in [2.45, 2.75) is 58.0 Å². The Kier molecular flexibility index (Phi) is 5.79. The lowest BCUT2D eigenvalue weighted by molar-refractivity contribution is 0.470. The summed E-state index contributed by atoms with van der Waals surface area (Å²) in [4.78, 5) is 0. The molecule has 0 spiro atoms. The Morgan fingerprint density at radius 3 is 2.60 bits per heavy atom. The van der Waals surface area contributed by atoms with Crippen LogP contribution in [-0.4, -0.2) is 22.3 Å². The van der Waals surface area contributed by atoms with Crippen LogP contribution >= 0.6 is 0 Å². The number of aryl methyl sites for hydroxylation is 2. The summed E-state index contributed by atoms with van der Waals surface area (Å²) in [7, 11) is -0.687. The Morgan fingerprint density at radius 1 is 1.20 bits per heavy atom. The second kappa shape index (κ2) is 7.37. The maximum atomic E-state index is 11.1. The second-order valence-electron chi connectivity index (χ2n) is 6.09. The molecular formula is C17H27NOS. The third-order valence-electron chi connectivity index (χ3n) is 4.25. The molecule has 20 heavy (non-hydrogen) atoms. The summed E-state index contributed by atoms with van der Waals surface area (Å²) < 4.78 is 11.1. The van der Waals surface area contributed by atoms with E-state index in [-0.39, 0.29) is 0 Å². The molecule has 1 aliphatic carbocycles. The summed E-state index contributed by atoms with van der Waals surface area (Å²) >= 11 is 0. The zero-order chi connectivity index (χ0) is 14.5. The van der Waals surface area contributed by atoms with Crippen LogP contribution in [0.2, 0.25) is 0 Å². The highest BCUT2D eigenvalue weighted by molar-refractivity contribution is 7.84. The zero-order valence-corrected chi connectivity index (χ0v) is 13.8. The highest BCUT2D eigenvalue weighted by Gasteiger charge is 2.14. The van der Waals surface area contributed by atoms with Crippen LogP contribution in [0.15, 0.2) is 18.2 Å². The van der Waals surface area contributed by atoms with E-state index in [0.29, 0.717) is 12.1 Å². The second-order valence-corrected chi connectivity index (χ2v) is 7.65. The van der Waals surface area contributed by atoms with Gasteiger partial charge in [-0.1, -0.05) is 18.2 Å². The molecule has 0 heterocycles. The van der Waals surface area contributed by atoms with Crippen LogP contribution in [0.4, 0.5) is 0 Å². The van der Waals surface area contributed by atoms with Gasteiger partial charge in [0.1, 0.15) is 0 Å². The summed E-state index contributed by atoms with van der Waals surface area (Å²) in [5, 5.41) is 3.62. The number of hydrogen-bond donors (Lipinski definition) is 1. The fraction of sp³-hybridized carbons (Fsp3) is 0.647. The van der Waals surface area contributed by atoms with Crippen LogP contribution in [0.1, 0.15) is 55.8 Å². The van der Waals surface area contributed by atoms with Crippen molar-refractivity contribution < 1.29 is 4.21 Å². The number of fused-ring (bicyclic) bond motifs is 1. The molecule has 3 unspecified atom stereocenters. The quantitative estimate of drug-likeness (QED) is 0.871. The van der Waals surface area contributed by atoms with Crippen LogP contribution in [0.25, 0.3) is 0 Å². The molecule has 3 heteroatoms. The van der Waals surface area contributed by atoms with E-state index in [1.54, 1.807) is 17.4 Å². The average Bonchev–Trinajstić information content (AvgIpc) is 2.44. The molecule has 112 valence electrons. The Morgan fingerprint density at radius 2 is 1.90 bits per heavy atom. The molecule has 0 saturated carbocycles. The molecule has 2 rings (SSSR count). The SMILES string of the molecule is CC(CCS(C)=O)NC(C)c1ccc2c(c1)CCCC2. The van der Waals surface area contributed by atoms with E-state index in [2.05, 4.69) is 37.4 Å². The smallest absolute Gasteiger partial charge is 0.0294 e. The minimum Gasteiger partial charge on any atom is -0.308 e. The zero-order valence-electron chi connectivity index (χ0n) is 12.9. The van der Waals surface area contributed by atoms with Gasteiger partial charge in [0.2, 0.25) is 0 Å². The normalized spacial score (nSPS) is 19.1. The van der Waals surface area contributed by atoms with Gasteiger partial charge in [-0.05, 0) is 62.6 Å². The maximum Gasteiger partial charge on any atom is 0.0294 e. The Labute approximate surface area is 125 Å². The van der Waals surface area contributed by atoms with Gasteiger partial charge in [0, 0.05) is 34.9 Å². The molecule has 1 N–H and O–H groups in total. The number of rotatable bonds is 6. The van der Waals surface area contributed by atoms with Gasteiger partial charge in [-0.2, -0.15) is 0 Å². The van der Waals surface area contributed by atoms with E-state index in [4.69, 9.17) is 0 Å². The summed E-state index contributed by atoms with van der Waals surface area (Å²) in [5.74, 6) is 0.783. The predicted molar refractivity (Wildman–Crippen MR) is 87.6 cm³/mol. The molecule has 1 aromatic carbocycles. The molecule has 1 aromatic rings. The predicted octanol–water partition coefficient (Wildman–Crippen LogP) is 3.37. The number of hydrogen-bond acceptors (Lipinski definition) is 2. The average molecular weight is 293 g/mol. The lowest BCUT2D eigenvalue weighted by Crippen LogP contribution is -2.30. The highest BCUT2D eigenvalue weighted by Crippen LogP contribution is 2.25. The highest BCUT2D eigenvalue weighted by atomic mass is 32.2. The van der Waals surface area contributed by atoms with Crippen molar-refractivity contribution in [1.82, 2.24) is 5.32 Å². The monoisotopic (exact) mass is 293 g/mol.